The summed E-state index contributed by atoms with van der Waals surface area (Å²) >= 11 is 0. The molecule has 0 radical (unpaired) electrons. The number of rotatable bonds is 2. The van der Waals surface area contributed by atoms with Crippen molar-refractivity contribution in [3.8, 4) is 0 Å². The monoisotopic (exact) mass is 176 g/mol. The van der Waals surface area contributed by atoms with E-state index in [2.05, 4.69) is 25.0 Å². The largest absolute Gasteiger partial charge is 0.340 e. The number of hydroxylamine groups is 2. The maximum Gasteiger partial charge on any atom is 0.340 e. The summed E-state index contributed by atoms with van der Waals surface area (Å²) in [4.78, 5) is 10.8. The van der Waals surface area contributed by atoms with Gasteiger partial charge in [0.15, 0.2) is 0 Å². The molecule has 0 spiro atoms. The molecule has 0 bridgehead atoms. The number of nitrogens with one attached hydrogen (secondary N) is 1. The van der Waals surface area contributed by atoms with Gasteiger partial charge in [-0.25, -0.2) is 9.86 Å². The Balaban J connectivity index is 3.64. The second kappa shape index (κ2) is 3.73. The van der Waals surface area contributed by atoms with Crippen molar-refractivity contribution in [2.75, 3.05) is 13.2 Å². The fourth-order valence-electron chi connectivity index (χ4n) is 0.455. The Morgan fingerprint density at radius 2 is 2.00 bits per heavy atom. The molecule has 0 saturated carbocycles. The lowest BCUT2D eigenvalue weighted by Crippen LogP contribution is -2.44. The van der Waals surface area contributed by atoms with Crippen molar-refractivity contribution >= 4 is 14.1 Å². The first-order chi connectivity index (χ1) is 4.83. The highest BCUT2D eigenvalue weighted by Gasteiger charge is 2.15. The van der Waals surface area contributed by atoms with Gasteiger partial charge in [-0.2, -0.15) is 0 Å². The molecule has 66 valence electrons. The number of nitrogens with zero attached hydrogens (tertiary/aromatic N) is 1. The summed E-state index contributed by atoms with van der Waals surface area (Å²) in [6.45, 7) is 6.43. The van der Waals surface area contributed by atoms with E-state index >= 15 is 0 Å². The summed E-state index contributed by atoms with van der Waals surface area (Å²) in [6, 6.07) is -0.438. The molecule has 0 heterocycles. The van der Waals surface area contributed by atoms with Gasteiger partial charge in [0.05, 0.1) is 8.07 Å². The maximum absolute atomic E-state index is 10.8. The molecule has 0 fully saturated rings. The Hall–Kier alpha value is -0.553. The first-order valence-electron chi connectivity index (χ1n) is 3.53. The van der Waals surface area contributed by atoms with Crippen LogP contribution in [0.2, 0.25) is 19.6 Å². The van der Waals surface area contributed by atoms with Gasteiger partial charge in [-0.1, -0.05) is 19.6 Å². The second-order valence-electron chi connectivity index (χ2n) is 3.74. The van der Waals surface area contributed by atoms with Crippen molar-refractivity contribution in [3.63, 3.8) is 0 Å². The average molecular weight is 176 g/mol. The van der Waals surface area contributed by atoms with Crippen LogP contribution in [0.5, 0.6) is 0 Å². The Bertz CT molecular complexity index is 142. The van der Waals surface area contributed by atoms with Crippen LogP contribution >= 0.6 is 0 Å². The lowest BCUT2D eigenvalue weighted by molar-refractivity contribution is -0.0177. The van der Waals surface area contributed by atoms with Gasteiger partial charge < -0.3 is 5.32 Å². The SMILES string of the molecule is CN(O)C(=O)NC[Si](C)(C)C. The Labute approximate surface area is 68.2 Å². The van der Waals surface area contributed by atoms with Crippen LogP contribution in [0.3, 0.4) is 0 Å². The predicted molar refractivity (Wildman–Crippen MR) is 46.3 cm³/mol. The van der Waals surface area contributed by atoms with Crippen LogP contribution in [0.25, 0.3) is 0 Å². The van der Waals surface area contributed by atoms with Gasteiger partial charge >= 0.3 is 6.03 Å². The highest BCUT2D eigenvalue weighted by molar-refractivity contribution is 6.76. The van der Waals surface area contributed by atoms with Crippen LogP contribution in [-0.4, -0.2) is 37.6 Å². The normalized spacial score (nSPS) is 11.0. The van der Waals surface area contributed by atoms with Crippen molar-refractivity contribution in [2.45, 2.75) is 19.6 Å². The topological polar surface area (TPSA) is 52.6 Å². The molecule has 11 heavy (non-hydrogen) atoms. The molecule has 5 heteroatoms. The molecule has 2 N–H and O–H groups in total. The van der Waals surface area contributed by atoms with Crippen molar-refractivity contribution in [2.24, 2.45) is 0 Å². The highest BCUT2D eigenvalue weighted by atomic mass is 28.3. The molecule has 0 aromatic rings. The fraction of sp³-hybridized carbons (Fsp3) is 0.833. The van der Waals surface area contributed by atoms with Gasteiger partial charge in [0.2, 0.25) is 0 Å². The zero-order valence-electron chi connectivity index (χ0n) is 7.51. The Morgan fingerprint density at radius 3 is 2.27 bits per heavy atom. The summed E-state index contributed by atoms with van der Waals surface area (Å²) in [5.41, 5.74) is 0. The van der Waals surface area contributed by atoms with E-state index in [1.807, 2.05) is 0 Å². The second-order valence-corrected chi connectivity index (χ2v) is 9.22. The van der Waals surface area contributed by atoms with Gasteiger partial charge in [0.1, 0.15) is 0 Å². The quantitative estimate of drug-likeness (QED) is 0.373. The summed E-state index contributed by atoms with van der Waals surface area (Å²) in [6.07, 6.45) is 0.691. The van der Waals surface area contributed by atoms with E-state index in [1.54, 1.807) is 0 Å². The zero-order chi connectivity index (χ0) is 9.07. The van der Waals surface area contributed by atoms with Crippen molar-refractivity contribution in [1.82, 2.24) is 10.4 Å². The minimum atomic E-state index is -1.24. The standard InChI is InChI=1S/C6H16N2O2Si/c1-8(10)6(9)7-5-11(2,3)4/h10H,5H2,1-4H3,(H,7,9). The molecule has 0 aliphatic heterocycles. The van der Waals surface area contributed by atoms with E-state index < -0.39 is 14.1 Å². The van der Waals surface area contributed by atoms with E-state index in [-0.39, 0.29) is 0 Å². The van der Waals surface area contributed by atoms with Gasteiger partial charge in [-0.15, -0.1) is 0 Å². The minimum Gasteiger partial charge on any atom is -0.339 e. The van der Waals surface area contributed by atoms with Crippen LogP contribution in [0, 0.1) is 0 Å². The molecule has 0 atom stereocenters. The van der Waals surface area contributed by atoms with Gasteiger partial charge in [0, 0.05) is 13.2 Å². The van der Waals surface area contributed by atoms with Crippen molar-refractivity contribution < 1.29 is 10.0 Å². The number of amides is 2. The third-order valence-electron chi connectivity index (χ3n) is 1.06. The van der Waals surface area contributed by atoms with E-state index in [0.717, 1.165) is 0 Å². The molecule has 4 nitrogen and oxygen atoms in total. The third-order valence-corrected chi connectivity index (χ3v) is 2.30. The number of hydrogen-bond acceptors (Lipinski definition) is 2. The molecule has 0 aromatic heterocycles. The molecule has 0 rings (SSSR count). The minimum absolute atomic E-state index is 0.438. The smallest absolute Gasteiger partial charge is 0.339 e. The average Bonchev–Trinajstić information content (AvgIpc) is 1.80. The lowest BCUT2D eigenvalue weighted by Gasteiger charge is -2.17. The first-order valence-corrected chi connectivity index (χ1v) is 7.24. The van der Waals surface area contributed by atoms with E-state index in [4.69, 9.17) is 5.21 Å². The molecule has 0 aliphatic rings. The van der Waals surface area contributed by atoms with Crippen LogP contribution in [-0.2, 0) is 0 Å². The van der Waals surface area contributed by atoms with E-state index in [9.17, 15) is 4.79 Å². The number of urea groups is 1. The molecule has 0 aromatic carbocycles. The third kappa shape index (κ3) is 5.87. The summed E-state index contributed by atoms with van der Waals surface area (Å²) < 4.78 is 0. The van der Waals surface area contributed by atoms with Gasteiger partial charge in [-0.3, -0.25) is 5.21 Å². The number of carbonyl (C=O) groups is 1. The Kier molecular flexibility index (Phi) is 3.54. The first kappa shape index (κ1) is 10.4. The number of carbonyl (C=O) groups excluding carboxylic acids is 1. The molecule has 0 aliphatic carbocycles. The van der Waals surface area contributed by atoms with Crippen molar-refractivity contribution in [1.29, 1.82) is 0 Å². The fourth-order valence-corrected chi connectivity index (χ4v) is 1.14. The summed E-state index contributed by atoms with van der Waals surface area (Å²) in [7, 11) is 0.0695. The predicted octanol–water partition coefficient (Wildman–Crippen LogP) is 0.894. The van der Waals surface area contributed by atoms with Gasteiger partial charge in [-0.05, 0) is 0 Å². The molecule has 0 saturated heterocycles. The Morgan fingerprint density at radius 1 is 1.55 bits per heavy atom. The van der Waals surface area contributed by atoms with Gasteiger partial charge in [0.25, 0.3) is 0 Å². The van der Waals surface area contributed by atoms with Crippen molar-refractivity contribution in [3.05, 3.63) is 0 Å². The highest BCUT2D eigenvalue weighted by Crippen LogP contribution is 1.96. The molecular weight excluding hydrogens is 160 g/mol. The molecule has 2 amide bonds. The molecule has 0 unspecified atom stereocenters. The lowest BCUT2D eigenvalue weighted by atomic mass is 10.9. The van der Waals surface area contributed by atoms with Crippen LogP contribution in [0.1, 0.15) is 0 Å². The van der Waals surface area contributed by atoms with E-state index in [1.165, 1.54) is 7.05 Å². The summed E-state index contributed by atoms with van der Waals surface area (Å²) in [5, 5.41) is 11.8. The zero-order valence-corrected chi connectivity index (χ0v) is 8.51. The van der Waals surface area contributed by atoms with Crippen LogP contribution in [0.4, 0.5) is 4.79 Å². The maximum atomic E-state index is 10.8. The van der Waals surface area contributed by atoms with Crippen LogP contribution < -0.4 is 5.32 Å². The van der Waals surface area contributed by atoms with E-state index in [0.29, 0.717) is 11.2 Å². The molecular formula is C6H16N2O2Si. The summed E-state index contributed by atoms with van der Waals surface area (Å²) in [5.74, 6) is 0. The van der Waals surface area contributed by atoms with Crippen LogP contribution in [0.15, 0.2) is 0 Å². The number of hydrogen-bond donors (Lipinski definition) is 2.